The first-order valence-electron chi connectivity index (χ1n) is 18.1. The summed E-state index contributed by atoms with van der Waals surface area (Å²) in [6.07, 6.45) is 0.871. The lowest BCUT2D eigenvalue weighted by molar-refractivity contribution is -0.149. The Kier molecular flexibility index (Phi) is 16.2. The minimum Gasteiger partial charge on any atom is -0.466 e. The normalized spacial score (nSPS) is 15.0. The number of aryl methyl sites for hydroxylation is 1. The smallest absolute Gasteiger partial charge is 0.406 e. The van der Waals surface area contributed by atoms with Crippen molar-refractivity contribution in [1.29, 1.82) is 0 Å². The van der Waals surface area contributed by atoms with Crippen LogP contribution in [0.4, 0.5) is 33.2 Å². The van der Waals surface area contributed by atoms with Gasteiger partial charge in [0.05, 0.1) is 46.1 Å². The molecule has 1 aliphatic heterocycles. The Labute approximate surface area is 346 Å². The molecule has 3 aromatic rings. The van der Waals surface area contributed by atoms with Crippen molar-refractivity contribution in [2.75, 3.05) is 48.6 Å². The number of aliphatic imine (C=N–C) groups is 2. The van der Waals surface area contributed by atoms with E-state index in [1.54, 1.807) is 31.2 Å². The van der Waals surface area contributed by atoms with E-state index in [0.717, 1.165) is 16.3 Å². The molecule has 3 N–H and O–H groups in total. The number of rotatable bonds is 16. The maximum absolute atomic E-state index is 14.2. The molecule has 0 radical (unpaired) electrons. The van der Waals surface area contributed by atoms with Gasteiger partial charge in [0.2, 0.25) is 5.91 Å². The third-order valence-corrected chi connectivity index (χ3v) is 10.2. The van der Waals surface area contributed by atoms with Gasteiger partial charge in [-0.25, -0.2) is 19.8 Å². The van der Waals surface area contributed by atoms with Crippen molar-refractivity contribution in [3.8, 4) is 0 Å². The fraction of sp³-hybridized carbons (Fsp3) is 0.385. The number of nitrogens with one attached hydrogen (secondary N) is 3. The fourth-order valence-corrected chi connectivity index (χ4v) is 7.10. The second-order valence-electron chi connectivity index (χ2n) is 12.7. The maximum atomic E-state index is 14.2. The Morgan fingerprint density at radius 2 is 1.59 bits per heavy atom. The summed E-state index contributed by atoms with van der Waals surface area (Å²) in [5, 5.41) is 7.45. The number of carbonyl (C=O) groups excluding carboxylic acids is 4. The van der Waals surface area contributed by atoms with Crippen LogP contribution in [0.3, 0.4) is 0 Å². The molecule has 1 saturated heterocycles. The predicted molar refractivity (Wildman–Crippen MR) is 225 cm³/mol. The zero-order chi connectivity index (χ0) is 41.1. The van der Waals surface area contributed by atoms with E-state index in [9.17, 15) is 19.2 Å². The number of anilines is 3. The van der Waals surface area contributed by atoms with Gasteiger partial charge in [-0.2, -0.15) is 0 Å². The number of carbonyl (C=O) groups is 4. The van der Waals surface area contributed by atoms with Crippen LogP contribution in [0.2, 0.25) is 20.1 Å². The van der Waals surface area contributed by atoms with Crippen LogP contribution in [0.25, 0.3) is 0 Å². The standard InChI is InChI=1S/C39H45Cl4N7O6/c1-7-23(18-24(8-2)38(53)56-10-4)36(51)45-26-11-13-28(41)32(21-26)47-35-33(37(52)50(48-35)34-29(42)19-25(40)20-30(34)43)46-31-14-12-27(17-22(31)5)49(9-3)16-15-44-39(54)55-6/h11-14,17,19-21,23-24H,7-10,15-16,18H2,1-6H3,(H,44,54)(H,45,51)(H,47,48). The number of methoxy groups -OCH3 is 1. The van der Waals surface area contributed by atoms with Crippen LogP contribution in [0.1, 0.15) is 52.5 Å². The summed E-state index contributed by atoms with van der Waals surface area (Å²) in [7, 11) is 1.31. The Morgan fingerprint density at radius 1 is 0.893 bits per heavy atom. The second kappa shape index (κ2) is 20.6. The maximum Gasteiger partial charge on any atom is 0.406 e. The van der Waals surface area contributed by atoms with Crippen molar-refractivity contribution in [2.24, 2.45) is 21.8 Å². The molecular formula is C39H45Cl4N7O6. The number of benzene rings is 3. The van der Waals surface area contributed by atoms with Gasteiger partial charge in [0.1, 0.15) is 5.69 Å². The number of amidine groups is 1. The molecule has 0 bridgehead atoms. The van der Waals surface area contributed by atoms with Crippen LogP contribution in [0.5, 0.6) is 0 Å². The van der Waals surface area contributed by atoms with E-state index in [0.29, 0.717) is 50.3 Å². The lowest BCUT2D eigenvalue weighted by atomic mass is 9.90. The van der Waals surface area contributed by atoms with E-state index in [-0.39, 0.29) is 61.5 Å². The van der Waals surface area contributed by atoms with E-state index in [2.05, 4.69) is 25.7 Å². The van der Waals surface area contributed by atoms with Crippen molar-refractivity contribution >= 4 is 110 Å². The van der Waals surface area contributed by atoms with Crippen LogP contribution in [-0.2, 0) is 23.9 Å². The van der Waals surface area contributed by atoms with E-state index < -0.39 is 23.8 Å². The molecule has 13 nitrogen and oxygen atoms in total. The Balaban J connectivity index is 1.71. The van der Waals surface area contributed by atoms with Crippen LogP contribution >= 0.6 is 46.4 Å². The number of ether oxygens (including phenoxy) is 2. The minimum absolute atomic E-state index is 0.0293. The highest BCUT2D eigenvalue weighted by Crippen LogP contribution is 2.38. The zero-order valence-corrected chi connectivity index (χ0v) is 35.0. The van der Waals surface area contributed by atoms with Crippen LogP contribution in [-0.4, -0.2) is 68.8 Å². The molecule has 17 heteroatoms. The SMILES string of the molecule is CCOC(=O)C(CC)CC(CC)C(=O)Nc1ccc(Cl)c(N=C2NN(c3c(Cl)cc(Cl)cc3Cl)C(=O)C2=Nc2ccc(N(CC)CCNC(=O)OC)cc2C)c1. The van der Waals surface area contributed by atoms with Crippen molar-refractivity contribution in [3.05, 3.63) is 74.2 Å². The summed E-state index contributed by atoms with van der Waals surface area (Å²) >= 11 is 25.9. The van der Waals surface area contributed by atoms with Crippen molar-refractivity contribution in [1.82, 2.24) is 10.7 Å². The number of likely N-dealkylation sites (N-methyl/N-ethyl adjacent to an activating group) is 1. The number of amides is 3. The van der Waals surface area contributed by atoms with Crippen LogP contribution < -0.4 is 26.0 Å². The number of esters is 1. The number of halogens is 4. The fourth-order valence-electron chi connectivity index (χ4n) is 5.95. The van der Waals surface area contributed by atoms with Gasteiger partial charge in [-0.3, -0.25) is 19.8 Å². The first-order chi connectivity index (χ1) is 26.7. The number of nitrogens with zero attached hydrogens (tertiary/aromatic N) is 4. The van der Waals surface area contributed by atoms with Crippen molar-refractivity contribution in [2.45, 2.75) is 53.9 Å². The lowest BCUT2D eigenvalue weighted by Crippen LogP contribution is -2.36. The Bertz CT molecular complexity index is 1990. The summed E-state index contributed by atoms with van der Waals surface area (Å²) in [5.74, 6) is -2.04. The van der Waals surface area contributed by atoms with Gasteiger partial charge in [0, 0.05) is 41.9 Å². The van der Waals surface area contributed by atoms with E-state index in [1.165, 1.54) is 19.2 Å². The van der Waals surface area contributed by atoms with E-state index in [4.69, 9.17) is 61.1 Å². The van der Waals surface area contributed by atoms with Gasteiger partial charge in [-0.1, -0.05) is 60.3 Å². The molecule has 4 rings (SSSR count). The average Bonchev–Trinajstić information content (AvgIpc) is 3.45. The molecule has 2 unspecified atom stereocenters. The summed E-state index contributed by atoms with van der Waals surface area (Å²) in [4.78, 5) is 63.2. The van der Waals surface area contributed by atoms with E-state index in [1.807, 2.05) is 39.8 Å². The number of alkyl carbamates (subject to hydrolysis) is 1. The third-order valence-electron chi connectivity index (χ3n) is 9.04. The average molecular weight is 850 g/mol. The molecule has 3 aromatic carbocycles. The summed E-state index contributed by atoms with van der Waals surface area (Å²) in [5.41, 5.74) is 5.79. The summed E-state index contributed by atoms with van der Waals surface area (Å²) in [6.45, 7) is 11.2. The highest BCUT2D eigenvalue weighted by molar-refractivity contribution is 6.73. The first kappa shape index (κ1) is 44.2. The van der Waals surface area contributed by atoms with Gasteiger partial charge in [-0.05, 0) is 94.1 Å². The lowest BCUT2D eigenvalue weighted by Gasteiger charge is -2.24. The molecule has 0 spiro atoms. The van der Waals surface area contributed by atoms with Crippen molar-refractivity contribution < 1.29 is 28.7 Å². The molecule has 1 aliphatic rings. The number of hydrogen-bond donors (Lipinski definition) is 3. The quantitative estimate of drug-likeness (QED) is 0.121. The minimum atomic E-state index is -0.610. The topological polar surface area (TPSA) is 154 Å². The van der Waals surface area contributed by atoms with Gasteiger partial charge in [0.15, 0.2) is 11.5 Å². The molecule has 3 amide bonds. The second-order valence-corrected chi connectivity index (χ2v) is 14.4. The predicted octanol–water partition coefficient (Wildman–Crippen LogP) is 9.09. The molecule has 0 aliphatic carbocycles. The van der Waals surface area contributed by atoms with Gasteiger partial charge < -0.3 is 25.0 Å². The van der Waals surface area contributed by atoms with Gasteiger partial charge in [0.25, 0.3) is 5.91 Å². The molecule has 0 saturated carbocycles. The summed E-state index contributed by atoms with van der Waals surface area (Å²) in [6, 6.07) is 13.3. The molecular weight excluding hydrogens is 804 g/mol. The molecule has 56 heavy (non-hydrogen) atoms. The highest BCUT2D eigenvalue weighted by Gasteiger charge is 2.37. The highest BCUT2D eigenvalue weighted by atomic mass is 35.5. The van der Waals surface area contributed by atoms with Gasteiger partial charge in [-0.15, -0.1) is 0 Å². The molecule has 300 valence electrons. The first-order valence-corrected chi connectivity index (χ1v) is 19.6. The molecule has 0 aromatic heterocycles. The monoisotopic (exact) mass is 847 g/mol. The molecule has 1 heterocycles. The number of hydrazine groups is 1. The van der Waals surface area contributed by atoms with Crippen LogP contribution in [0, 0.1) is 18.8 Å². The Morgan fingerprint density at radius 3 is 2.20 bits per heavy atom. The number of hydrogen-bond acceptors (Lipinski definition) is 9. The van der Waals surface area contributed by atoms with E-state index >= 15 is 0 Å². The zero-order valence-electron chi connectivity index (χ0n) is 32.0. The Hall–Kier alpha value is -4.56. The van der Waals surface area contributed by atoms with Gasteiger partial charge >= 0.3 is 12.1 Å². The molecule has 2 atom stereocenters. The summed E-state index contributed by atoms with van der Waals surface area (Å²) < 4.78 is 9.87. The largest absolute Gasteiger partial charge is 0.466 e. The van der Waals surface area contributed by atoms with Crippen molar-refractivity contribution in [3.63, 3.8) is 0 Å². The third kappa shape index (κ3) is 11.1. The molecule has 1 fully saturated rings. The van der Waals surface area contributed by atoms with Crippen LogP contribution in [0.15, 0.2) is 58.5 Å².